The second kappa shape index (κ2) is 8.72. The summed E-state index contributed by atoms with van der Waals surface area (Å²) in [6, 6.07) is 22.8. The molecule has 0 unspecified atom stereocenters. The van der Waals surface area contributed by atoms with Crippen LogP contribution in [0.15, 0.2) is 107 Å². The Balaban J connectivity index is 1.55. The van der Waals surface area contributed by atoms with Gasteiger partial charge in [-0.2, -0.15) is 0 Å². The van der Waals surface area contributed by atoms with Crippen LogP contribution in [0.5, 0.6) is 11.5 Å². The number of aromatic hydroxyl groups is 2. The van der Waals surface area contributed by atoms with Crippen LogP contribution in [0.25, 0.3) is 0 Å². The van der Waals surface area contributed by atoms with Crippen LogP contribution in [-0.4, -0.2) is 30.2 Å². The molecule has 0 atom stereocenters. The number of phenols is 2. The summed E-state index contributed by atoms with van der Waals surface area (Å²) in [5, 5.41) is 18.7. The lowest BCUT2D eigenvalue weighted by molar-refractivity contribution is 0.103. The molecule has 0 aliphatic carbocycles. The molecule has 4 aromatic carbocycles. The summed E-state index contributed by atoms with van der Waals surface area (Å²) in [6.45, 7) is 0. The third-order valence-electron chi connectivity index (χ3n) is 5.11. The molecule has 7 heteroatoms. The van der Waals surface area contributed by atoms with Crippen molar-refractivity contribution >= 4 is 21.4 Å². The minimum absolute atomic E-state index is 0.0161. The third kappa shape index (κ3) is 4.53. The van der Waals surface area contributed by atoms with E-state index in [1.54, 1.807) is 0 Å². The third-order valence-corrected chi connectivity index (χ3v) is 6.90. The predicted octanol–water partition coefficient (Wildman–Crippen LogP) is 4.39. The van der Waals surface area contributed by atoms with Crippen molar-refractivity contribution in [2.75, 3.05) is 0 Å². The molecule has 0 amide bonds. The zero-order valence-corrected chi connectivity index (χ0v) is 18.0. The zero-order chi connectivity index (χ0) is 23.6. The molecular formula is C26H18O6S. The van der Waals surface area contributed by atoms with E-state index in [0.29, 0.717) is 22.3 Å². The number of benzene rings is 4. The van der Waals surface area contributed by atoms with Gasteiger partial charge in [-0.1, -0.05) is 0 Å². The lowest BCUT2D eigenvalue weighted by Gasteiger charge is -2.08. The highest BCUT2D eigenvalue weighted by Gasteiger charge is 2.19. The number of rotatable bonds is 6. The standard InChI is InChI=1S/C26H18O6S/c27-21-9-1-17(2-10-21)25(29)19-5-13-23(14-6-19)33(31,32)24-15-7-20(8-16-24)26(30)18-3-11-22(28)12-4-18/h1-16,27-28H. The Labute approximate surface area is 190 Å². The first-order chi connectivity index (χ1) is 15.8. The maximum atomic E-state index is 13.0. The second-order valence-electron chi connectivity index (χ2n) is 7.30. The highest BCUT2D eigenvalue weighted by molar-refractivity contribution is 7.91. The smallest absolute Gasteiger partial charge is 0.206 e. The quantitative estimate of drug-likeness (QED) is 0.415. The van der Waals surface area contributed by atoms with E-state index in [1.807, 2.05) is 0 Å². The van der Waals surface area contributed by atoms with Crippen LogP contribution in [-0.2, 0) is 9.84 Å². The normalized spacial score (nSPS) is 11.2. The van der Waals surface area contributed by atoms with E-state index in [9.17, 15) is 28.2 Å². The minimum atomic E-state index is -3.85. The summed E-state index contributed by atoms with van der Waals surface area (Å²) in [7, 11) is -3.85. The summed E-state index contributed by atoms with van der Waals surface area (Å²) < 4.78 is 26.0. The van der Waals surface area contributed by atoms with Crippen LogP contribution < -0.4 is 0 Å². The first-order valence-electron chi connectivity index (χ1n) is 9.88. The van der Waals surface area contributed by atoms with Crippen molar-refractivity contribution in [1.82, 2.24) is 0 Å². The van der Waals surface area contributed by atoms with Crippen LogP contribution in [0.2, 0.25) is 0 Å². The van der Waals surface area contributed by atoms with Gasteiger partial charge in [0.1, 0.15) is 11.5 Å². The molecule has 0 radical (unpaired) electrons. The van der Waals surface area contributed by atoms with Crippen LogP contribution in [0.3, 0.4) is 0 Å². The average Bonchev–Trinajstić information content (AvgIpc) is 2.84. The van der Waals surface area contributed by atoms with Crippen LogP contribution in [0, 0.1) is 0 Å². The van der Waals surface area contributed by atoms with Crippen LogP contribution >= 0.6 is 0 Å². The molecule has 0 heterocycles. The van der Waals surface area contributed by atoms with Crippen LogP contribution in [0.4, 0.5) is 0 Å². The molecule has 164 valence electrons. The van der Waals surface area contributed by atoms with E-state index < -0.39 is 9.84 Å². The molecule has 33 heavy (non-hydrogen) atoms. The predicted molar refractivity (Wildman–Crippen MR) is 121 cm³/mol. The van der Waals surface area contributed by atoms with Crippen molar-refractivity contribution in [3.05, 3.63) is 119 Å². The highest BCUT2D eigenvalue weighted by Crippen LogP contribution is 2.24. The first kappa shape index (κ1) is 22.0. The van der Waals surface area contributed by atoms with Gasteiger partial charge in [0.15, 0.2) is 11.6 Å². The monoisotopic (exact) mass is 458 g/mol. The molecule has 6 nitrogen and oxygen atoms in total. The molecule has 0 fully saturated rings. The van der Waals surface area contributed by atoms with E-state index in [4.69, 9.17) is 0 Å². The number of carbonyl (C=O) groups is 2. The summed E-state index contributed by atoms with van der Waals surface area (Å²) in [5.41, 5.74) is 1.37. The van der Waals surface area contributed by atoms with Crippen molar-refractivity contribution in [1.29, 1.82) is 0 Å². The molecule has 0 bridgehead atoms. The van der Waals surface area contributed by atoms with Crippen molar-refractivity contribution in [2.24, 2.45) is 0 Å². The zero-order valence-electron chi connectivity index (χ0n) is 17.2. The lowest BCUT2D eigenvalue weighted by atomic mass is 10.0. The Morgan fingerprint density at radius 2 is 0.697 bits per heavy atom. The molecule has 0 aliphatic rings. The number of ketones is 2. The van der Waals surface area contributed by atoms with Gasteiger partial charge in [-0.15, -0.1) is 0 Å². The van der Waals surface area contributed by atoms with Gasteiger partial charge in [0.05, 0.1) is 9.79 Å². The molecule has 0 aromatic heterocycles. The van der Waals surface area contributed by atoms with Crippen molar-refractivity contribution in [2.45, 2.75) is 9.79 Å². The fourth-order valence-corrected chi connectivity index (χ4v) is 4.53. The number of phenolic OH excluding ortho intramolecular Hbond substituents is 2. The van der Waals surface area contributed by atoms with Gasteiger partial charge >= 0.3 is 0 Å². The van der Waals surface area contributed by atoms with Crippen molar-refractivity contribution in [3.63, 3.8) is 0 Å². The summed E-state index contributed by atoms with van der Waals surface area (Å²) in [6.07, 6.45) is 0. The molecule has 0 saturated carbocycles. The van der Waals surface area contributed by atoms with E-state index in [2.05, 4.69) is 0 Å². The topological polar surface area (TPSA) is 109 Å². The Bertz CT molecular complexity index is 1310. The van der Waals surface area contributed by atoms with E-state index in [1.165, 1.54) is 97.1 Å². The molecular weight excluding hydrogens is 440 g/mol. The van der Waals surface area contributed by atoms with E-state index in [0.717, 1.165) is 0 Å². The first-order valence-corrected chi connectivity index (χ1v) is 11.4. The average molecular weight is 458 g/mol. The molecule has 2 N–H and O–H groups in total. The van der Waals surface area contributed by atoms with E-state index >= 15 is 0 Å². The van der Waals surface area contributed by atoms with Gasteiger partial charge < -0.3 is 10.2 Å². The molecule has 0 aliphatic heterocycles. The minimum Gasteiger partial charge on any atom is -0.508 e. The Morgan fingerprint density at radius 3 is 0.970 bits per heavy atom. The largest absolute Gasteiger partial charge is 0.508 e. The lowest BCUT2D eigenvalue weighted by Crippen LogP contribution is -2.06. The summed E-state index contributed by atoms with van der Waals surface area (Å²) in [5.74, 6) is -0.500. The summed E-state index contributed by atoms with van der Waals surface area (Å²) >= 11 is 0. The maximum Gasteiger partial charge on any atom is 0.206 e. The fraction of sp³-hybridized carbons (Fsp3) is 0. The maximum absolute atomic E-state index is 13.0. The van der Waals surface area contributed by atoms with Gasteiger partial charge in [0, 0.05) is 22.3 Å². The Morgan fingerprint density at radius 1 is 0.455 bits per heavy atom. The number of hydrogen-bond acceptors (Lipinski definition) is 6. The van der Waals surface area contributed by atoms with Gasteiger partial charge in [-0.3, -0.25) is 9.59 Å². The van der Waals surface area contributed by atoms with E-state index in [-0.39, 0.29) is 32.9 Å². The number of carbonyl (C=O) groups excluding carboxylic acids is 2. The highest BCUT2D eigenvalue weighted by atomic mass is 32.2. The Hall–Kier alpha value is -4.23. The SMILES string of the molecule is O=C(c1ccc(O)cc1)c1ccc(S(=O)(=O)c2ccc(C(=O)c3ccc(O)cc3)cc2)cc1. The van der Waals surface area contributed by atoms with Gasteiger partial charge in [-0.25, -0.2) is 8.42 Å². The molecule has 0 saturated heterocycles. The second-order valence-corrected chi connectivity index (χ2v) is 9.25. The van der Waals surface area contributed by atoms with Crippen LogP contribution in [0.1, 0.15) is 31.8 Å². The molecule has 4 aromatic rings. The number of sulfone groups is 1. The van der Waals surface area contributed by atoms with Crippen molar-refractivity contribution < 1.29 is 28.2 Å². The molecule has 0 spiro atoms. The van der Waals surface area contributed by atoms with Gasteiger partial charge in [-0.05, 0) is 97.1 Å². The number of hydrogen-bond donors (Lipinski definition) is 2. The van der Waals surface area contributed by atoms with Crippen molar-refractivity contribution in [3.8, 4) is 11.5 Å². The van der Waals surface area contributed by atoms with Gasteiger partial charge in [0.25, 0.3) is 0 Å². The summed E-state index contributed by atoms with van der Waals surface area (Å²) in [4.78, 5) is 25.1. The van der Waals surface area contributed by atoms with Gasteiger partial charge in [0.2, 0.25) is 9.84 Å². The molecule has 4 rings (SSSR count). The Kier molecular flexibility index (Phi) is 5.81. The fourth-order valence-electron chi connectivity index (χ4n) is 3.27.